The second-order valence-corrected chi connectivity index (χ2v) is 8.79. The van der Waals surface area contributed by atoms with E-state index in [1.165, 1.54) is 21.6 Å². The number of nitrogens with zero attached hydrogens (tertiary/aromatic N) is 2. The lowest BCUT2D eigenvalue weighted by molar-refractivity contribution is -0.122. The van der Waals surface area contributed by atoms with Crippen LogP contribution in [0.2, 0.25) is 0 Å². The van der Waals surface area contributed by atoms with E-state index < -0.39 is 11.5 Å². The van der Waals surface area contributed by atoms with Gasteiger partial charge in [0.1, 0.15) is 5.82 Å². The molecular weight excluding hydrogens is 421 g/mol. The Bertz CT molecular complexity index is 1240. The van der Waals surface area contributed by atoms with Gasteiger partial charge in [0.25, 0.3) is 5.56 Å². The summed E-state index contributed by atoms with van der Waals surface area (Å²) in [5, 5.41) is 3.52. The Morgan fingerprint density at radius 1 is 0.939 bits per heavy atom. The fraction of sp³-hybridized carbons (Fsp3) is 0.423. The molecule has 0 saturated heterocycles. The van der Waals surface area contributed by atoms with E-state index >= 15 is 0 Å². The Balaban J connectivity index is 1.49. The normalized spacial score (nSPS) is 14.5. The molecule has 1 heterocycles. The SMILES string of the molecule is O=C(CCCCn1c(=O)c2ccccc2n(Cc2ccccc2F)c1=O)NC1CCCCC1. The van der Waals surface area contributed by atoms with Crippen molar-refractivity contribution in [1.82, 2.24) is 14.5 Å². The number of nitrogens with one attached hydrogen (secondary N) is 1. The minimum absolute atomic E-state index is 0.0322. The summed E-state index contributed by atoms with van der Waals surface area (Å²) in [7, 11) is 0. The first-order chi connectivity index (χ1) is 16.0. The maximum atomic E-state index is 14.3. The van der Waals surface area contributed by atoms with Crippen molar-refractivity contribution in [2.45, 2.75) is 70.5 Å². The molecule has 0 atom stereocenters. The summed E-state index contributed by atoms with van der Waals surface area (Å²) in [4.78, 5) is 38.5. The van der Waals surface area contributed by atoms with Gasteiger partial charge in [0.05, 0.1) is 17.4 Å². The van der Waals surface area contributed by atoms with E-state index in [1.807, 2.05) is 0 Å². The lowest BCUT2D eigenvalue weighted by Crippen LogP contribution is -2.40. The summed E-state index contributed by atoms with van der Waals surface area (Å²) in [6, 6.07) is 13.5. The molecule has 1 aliphatic carbocycles. The first-order valence-electron chi connectivity index (χ1n) is 11.8. The summed E-state index contributed by atoms with van der Waals surface area (Å²) in [5.41, 5.74) is 0.0499. The van der Waals surface area contributed by atoms with E-state index in [4.69, 9.17) is 0 Å². The van der Waals surface area contributed by atoms with Crippen LogP contribution in [0.3, 0.4) is 0 Å². The summed E-state index contributed by atoms with van der Waals surface area (Å²) >= 11 is 0. The highest BCUT2D eigenvalue weighted by Gasteiger charge is 2.16. The van der Waals surface area contributed by atoms with Crippen molar-refractivity contribution in [2.75, 3.05) is 0 Å². The van der Waals surface area contributed by atoms with Crippen molar-refractivity contribution in [2.24, 2.45) is 0 Å². The van der Waals surface area contributed by atoms with E-state index in [2.05, 4.69) is 5.32 Å². The van der Waals surface area contributed by atoms with Gasteiger partial charge in [0.15, 0.2) is 0 Å². The predicted octanol–water partition coefficient (Wildman–Crippen LogP) is 3.97. The van der Waals surface area contributed by atoms with Crippen molar-refractivity contribution in [1.29, 1.82) is 0 Å². The average Bonchev–Trinajstić information content (AvgIpc) is 2.83. The lowest BCUT2D eigenvalue weighted by Gasteiger charge is -2.22. The molecule has 0 spiro atoms. The third-order valence-electron chi connectivity index (χ3n) is 6.42. The third kappa shape index (κ3) is 5.41. The average molecular weight is 452 g/mol. The molecule has 2 aromatic carbocycles. The Hall–Kier alpha value is -3.22. The molecule has 1 N–H and O–H groups in total. The number of hydrogen-bond acceptors (Lipinski definition) is 3. The number of benzene rings is 2. The van der Waals surface area contributed by atoms with Gasteiger partial charge >= 0.3 is 5.69 Å². The summed E-state index contributed by atoms with van der Waals surface area (Å²) in [6.07, 6.45) is 7.14. The number of amides is 1. The maximum absolute atomic E-state index is 14.3. The Morgan fingerprint density at radius 3 is 2.45 bits per heavy atom. The number of unbranched alkanes of at least 4 members (excludes halogenated alkanes) is 1. The zero-order chi connectivity index (χ0) is 23.2. The largest absolute Gasteiger partial charge is 0.353 e. The van der Waals surface area contributed by atoms with Gasteiger partial charge in [-0.3, -0.25) is 18.7 Å². The number of carbonyl (C=O) groups excluding carboxylic acids is 1. The Morgan fingerprint density at radius 2 is 1.67 bits per heavy atom. The van der Waals surface area contributed by atoms with Crippen LogP contribution in [0.4, 0.5) is 4.39 Å². The lowest BCUT2D eigenvalue weighted by atomic mass is 9.95. The van der Waals surface area contributed by atoms with Gasteiger partial charge in [-0.2, -0.15) is 0 Å². The quantitative estimate of drug-likeness (QED) is 0.527. The number of fused-ring (bicyclic) bond motifs is 1. The second kappa shape index (κ2) is 10.6. The first-order valence-corrected chi connectivity index (χ1v) is 11.8. The van der Waals surface area contributed by atoms with E-state index in [9.17, 15) is 18.8 Å². The molecule has 3 aromatic rings. The van der Waals surface area contributed by atoms with Gasteiger partial charge in [0.2, 0.25) is 5.91 Å². The molecule has 0 radical (unpaired) electrons. The number of halogens is 1. The van der Waals surface area contributed by atoms with Crippen LogP contribution < -0.4 is 16.6 Å². The molecule has 174 valence electrons. The molecule has 1 fully saturated rings. The number of aromatic nitrogens is 2. The molecule has 0 unspecified atom stereocenters. The zero-order valence-corrected chi connectivity index (χ0v) is 18.8. The van der Waals surface area contributed by atoms with Crippen molar-refractivity contribution >= 4 is 16.8 Å². The van der Waals surface area contributed by atoms with E-state index in [-0.39, 0.29) is 30.6 Å². The Labute approximate surface area is 192 Å². The number of para-hydroxylation sites is 1. The van der Waals surface area contributed by atoms with Gasteiger partial charge in [-0.1, -0.05) is 49.6 Å². The molecule has 1 amide bonds. The second-order valence-electron chi connectivity index (χ2n) is 8.79. The summed E-state index contributed by atoms with van der Waals surface area (Å²) in [5.74, 6) is -0.361. The minimum atomic E-state index is -0.464. The minimum Gasteiger partial charge on any atom is -0.353 e. The number of carbonyl (C=O) groups is 1. The van der Waals surface area contributed by atoms with E-state index in [1.54, 1.807) is 42.5 Å². The monoisotopic (exact) mass is 451 g/mol. The van der Waals surface area contributed by atoms with Crippen LogP contribution >= 0.6 is 0 Å². The molecule has 6 nitrogen and oxygen atoms in total. The highest BCUT2D eigenvalue weighted by Crippen LogP contribution is 2.17. The van der Waals surface area contributed by atoms with E-state index in [0.717, 1.165) is 25.7 Å². The van der Waals surface area contributed by atoms with Crippen LogP contribution in [0.25, 0.3) is 10.9 Å². The molecule has 4 rings (SSSR count). The van der Waals surface area contributed by atoms with Gasteiger partial charge in [-0.25, -0.2) is 9.18 Å². The summed E-state index contributed by atoms with van der Waals surface area (Å²) in [6.45, 7) is 0.257. The fourth-order valence-electron chi connectivity index (χ4n) is 4.62. The van der Waals surface area contributed by atoms with E-state index in [0.29, 0.717) is 35.7 Å². The smallest absolute Gasteiger partial charge is 0.331 e. The van der Waals surface area contributed by atoms with Crippen molar-refractivity contribution in [3.05, 3.63) is 80.7 Å². The maximum Gasteiger partial charge on any atom is 0.331 e. The summed E-state index contributed by atoms with van der Waals surface area (Å²) < 4.78 is 16.9. The topological polar surface area (TPSA) is 73.1 Å². The molecule has 1 aliphatic rings. The fourth-order valence-corrected chi connectivity index (χ4v) is 4.62. The van der Waals surface area contributed by atoms with Crippen LogP contribution in [0, 0.1) is 5.82 Å². The van der Waals surface area contributed by atoms with Crippen LogP contribution in [0.15, 0.2) is 58.1 Å². The molecule has 33 heavy (non-hydrogen) atoms. The van der Waals surface area contributed by atoms with Gasteiger partial charge in [0, 0.05) is 24.6 Å². The van der Waals surface area contributed by atoms with Gasteiger partial charge in [-0.05, 0) is 43.9 Å². The number of rotatable bonds is 8. The van der Waals surface area contributed by atoms with Crippen molar-refractivity contribution in [3.63, 3.8) is 0 Å². The zero-order valence-electron chi connectivity index (χ0n) is 18.8. The van der Waals surface area contributed by atoms with Gasteiger partial charge < -0.3 is 5.32 Å². The highest BCUT2D eigenvalue weighted by atomic mass is 19.1. The molecule has 1 aromatic heterocycles. The highest BCUT2D eigenvalue weighted by molar-refractivity contribution is 5.78. The molecule has 0 bridgehead atoms. The standard InChI is InChI=1S/C26H30FN3O3/c27-22-14-6-4-10-19(22)18-30-23-15-7-5-13-21(23)25(32)29(26(30)33)17-9-8-16-24(31)28-20-11-2-1-3-12-20/h4-7,10,13-15,20H,1-3,8-9,11-12,16-18H2,(H,28,31). The molecule has 0 aliphatic heterocycles. The predicted molar refractivity (Wildman–Crippen MR) is 127 cm³/mol. The van der Waals surface area contributed by atoms with Crippen LogP contribution in [0.1, 0.15) is 56.9 Å². The van der Waals surface area contributed by atoms with Crippen molar-refractivity contribution < 1.29 is 9.18 Å². The Kier molecular flexibility index (Phi) is 7.37. The van der Waals surface area contributed by atoms with Gasteiger partial charge in [-0.15, -0.1) is 0 Å². The van der Waals surface area contributed by atoms with Crippen LogP contribution in [-0.4, -0.2) is 21.1 Å². The third-order valence-corrected chi connectivity index (χ3v) is 6.42. The molecule has 7 heteroatoms. The van der Waals surface area contributed by atoms with Crippen LogP contribution in [-0.2, 0) is 17.9 Å². The molecular formula is C26H30FN3O3. The first kappa shape index (κ1) is 23.0. The van der Waals surface area contributed by atoms with Crippen molar-refractivity contribution in [3.8, 4) is 0 Å². The number of hydrogen-bond donors (Lipinski definition) is 1. The van der Waals surface area contributed by atoms with Crippen LogP contribution in [0.5, 0.6) is 0 Å². The molecule has 1 saturated carbocycles.